The predicted molar refractivity (Wildman–Crippen MR) is 68.8 cm³/mol. The van der Waals surface area contributed by atoms with Gasteiger partial charge in [0.1, 0.15) is 0 Å². The van der Waals surface area contributed by atoms with E-state index in [2.05, 4.69) is 30.6 Å². The quantitative estimate of drug-likeness (QED) is 0.528. The van der Waals surface area contributed by atoms with Crippen molar-refractivity contribution in [2.75, 3.05) is 39.4 Å². The van der Waals surface area contributed by atoms with E-state index < -0.39 is 0 Å². The fourth-order valence-electron chi connectivity index (χ4n) is 2.06. The molecule has 0 amide bonds. The van der Waals surface area contributed by atoms with E-state index in [0.717, 1.165) is 45.8 Å². The largest absolute Gasteiger partial charge is 0.378 e. The Morgan fingerprint density at radius 2 is 2.31 bits per heavy atom. The third-order valence-corrected chi connectivity index (χ3v) is 3.05. The van der Waals surface area contributed by atoms with Crippen molar-refractivity contribution in [1.29, 1.82) is 0 Å². The van der Waals surface area contributed by atoms with Crippen molar-refractivity contribution in [3.05, 3.63) is 12.2 Å². The first-order valence-corrected chi connectivity index (χ1v) is 6.47. The van der Waals surface area contributed by atoms with E-state index in [1.54, 1.807) is 0 Å². The first-order chi connectivity index (χ1) is 7.77. The van der Waals surface area contributed by atoms with Crippen LogP contribution in [0.25, 0.3) is 0 Å². The lowest BCUT2D eigenvalue weighted by atomic mass is 10.1. The highest BCUT2D eigenvalue weighted by Gasteiger charge is 2.21. The molecule has 0 aromatic carbocycles. The minimum Gasteiger partial charge on any atom is -0.378 e. The first kappa shape index (κ1) is 13.7. The number of hydrogen-bond acceptors (Lipinski definition) is 3. The van der Waals surface area contributed by atoms with Crippen LogP contribution in [0.15, 0.2) is 12.2 Å². The minimum atomic E-state index is 0.580. The van der Waals surface area contributed by atoms with Crippen LogP contribution in [0.1, 0.15) is 26.7 Å². The standard InChI is InChI=1S/C13H26N2O/c1-4-6-14-9-12(3)10-15-7-8-16-11-13(15)5-2/h13-14H,3-11H2,1-2H3. The van der Waals surface area contributed by atoms with Crippen LogP contribution in [0.5, 0.6) is 0 Å². The zero-order valence-corrected chi connectivity index (χ0v) is 10.8. The molecule has 3 nitrogen and oxygen atoms in total. The van der Waals surface area contributed by atoms with E-state index >= 15 is 0 Å². The number of morpholine rings is 1. The zero-order valence-electron chi connectivity index (χ0n) is 10.8. The molecular formula is C13H26N2O. The lowest BCUT2D eigenvalue weighted by Crippen LogP contribution is -2.46. The second kappa shape index (κ2) is 7.82. The van der Waals surface area contributed by atoms with E-state index in [-0.39, 0.29) is 0 Å². The number of rotatable bonds is 7. The van der Waals surface area contributed by atoms with Gasteiger partial charge in [-0.05, 0) is 25.0 Å². The lowest BCUT2D eigenvalue weighted by molar-refractivity contribution is -0.00409. The van der Waals surface area contributed by atoms with Gasteiger partial charge in [0.15, 0.2) is 0 Å². The summed E-state index contributed by atoms with van der Waals surface area (Å²) in [7, 11) is 0. The van der Waals surface area contributed by atoms with Crippen LogP contribution in [0, 0.1) is 0 Å². The van der Waals surface area contributed by atoms with Gasteiger partial charge in [0.25, 0.3) is 0 Å². The molecule has 0 aliphatic carbocycles. The fraction of sp³-hybridized carbons (Fsp3) is 0.846. The van der Waals surface area contributed by atoms with Crippen LogP contribution < -0.4 is 5.32 Å². The molecule has 1 rings (SSSR count). The summed E-state index contributed by atoms with van der Waals surface area (Å²) in [6.07, 6.45) is 2.35. The van der Waals surface area contributed by atoms with E-state index in [1.807, 2.05) is 0 Å². The molecular weight excluding hydrogens is 200 g/mol. The average Bonchev–Trinajstić information content (AvgIpc) is 2.30. The maximum absolute atomic E-state index is 5.50. The maximum atomic E-state index is 5.50. The normalized spacial score (nSPS) is 22.2. The van der Waals surface area contributed by atoms with Crippen LogP contribution in [-0.2, 0) is 4.74 Å². The van der Waals surface area contributed by atoms with Gasteiger partial charge in [0.2, 0.25) is 0 Å². The molecule has 16 heavy (non-hydrogen) atoms. The third-order valence-electron chi connectivity index (χ3n) is 3.05. The summed E-state index contributed by atoms with van der Waals surface area (Å²) in [6.45, 7) is 14.4. The van der Waals surface area contributed by atoms with Crippen molar-refractivity contribution < 1.29 is 4.74 Å². The molecule has 1 saturated heterocycles. The summed E-state index contributed by atoms with van der Waals surface area (Å²) >= 11 is 0. The molecule has 0 bridgehead atoms. The van der Waals surface area contributed by atoms with Gasteiger partial charge < -0.3 is 10.1 Å². The molecule has 0 spiro atoms. The van der Waals surface area contributed by atoms with Crippen molar-refractivity contribution in [2.45, 2.75) is 32.7 Å². The molecule has 1 atom stereocenters. The fourth-order valence-corrected chi connectivity index (χ4v) is 2.06. The molecule has 0 aromatic heterocycles. The maximum Gasteiger partial charge on any atom is 0.0622 e. The Labute approximate surface area is 99.8 Å². The summed E-state index contributed by atoms with van der Waals surface area (Å²) in [5.74, 6) is 0. The van der Waals surface area contributed by atoms with Crippen molar-refractivity contribution in [3.63, 3.8) is 0 Å². The monoisotopic (exact) mass is 226 g/mol. The number of nitrogens with one attached hydrogen (secondary N) is 1. The average molecular weight is 226 g/mol. The Hall–Kier alpha value is -0.380. The first-order valence-electron chi connectivity index (χ1n) is 6.47. The van der Waals surface area contributed by atoms with Gasteiger partial charge >= 0.3 is 0 Å². The van der Waals surface area contributed by atoms with Gasteiger partial charge in [0, 0.05) is 25.7 Å². The Morgan fingerprint density at radius 3 is 3.00 bits per heavy atom. The Balaban J connectivity index is 2.25. The topological polar surface area (TPSA) is 24.5 Å². The number of ether oxygens (including phenoxy) is 1. The minimum absolute atomic E-state index is 0.580. The highest BCUT2D eigenvalue weighted by Crippen LogP contribution is 2.11. The van der Waals surface area contributed by atoms with Crippen LogP contribution >= 0.6 is 0 Å². The molecule has 1 N–H and O–H groups in total. The van der Waals surface area contributed by atoms with Crippen LogP contribution in [-0.4, -0.2) is 50.3 Å². The van der Waals surface area contributed by atoms with Crippen molar-refractivity contribution in [3.8, 4) is 0 Å². The molecule has 1 fully saturated rings. The molecule has 1 heterocycles. The third kappa shape index (κ3) is 4.64. The van der Waals surface area contributed by atoms with Gasteiger partial charge in [-0.3, -0.25) is 4.90 Å². The van der Waals surface area contributed by atoms with Gasteiger partial charge in [0.05, 0.1) is 13.2 Å². The van der Waals surface area contributed by atoms with E-state index in [9.17, 15) is 0 Å². The highest BCUT2D eigenvalue weighted by atomic mass is 16.5. The number of nitrogens with zero attached hydrogens (tertiary/aromatic N) is 1. The second-order valence-corrected chi connectivity index (χ2v) is 4.53. The van der Waals surface area contributed by atoms with Crippen molar-refractivity contribution in [1.82, 2.24) is 10.2 Å². The van der Waals surface area contributed by atoms with Gasteiger partial charge in [-0.15, -0.1) is 0 Å². The van der Waals surface area contributed by atoms with Crippen molar-refractivity contribution >= 4 is 0 Å². The summed E-state index contributed by atoms with van der Waals surface area (Å²) in [6, 6.07) is 0.580. The SMILES string of the molecule is C=C(CNCCC)CN1CCOCC1CC. The lowest BCUT2D eigenvalue weighted by Gasteiger charge is -2.35. The molecule has 1 aliphatic heterocycles. The molecule has 1 aliphatic rings. The summed E-state index contributed by atoms with van der Waals surface area (Å²) in [5, 5.41) is 3.40. The predicted octanol–water partition coefficient (Wildman–Crippen LogP) is 1.65. The van der Waals surface area contributed by atoms with E-state index in [4.69, 9.17) is 4.74 Å². The summed E-state index contributed by atoms with van der Waals surface area (Å²) in [4.78, 5) is 2.50. The highest BCUT2D eigenvalue weighted by molar-refractivity contribution is 5.01. The summed E-state index contributed by atoms with van der Waals surface area (Å²) < 4.78 is 5.50. The van der Waals surface area contributed by atoms with Crippen LogP contribution in [0.2, 0.25) is 0 Å². The smallest absolute Gasteiger partial charge is 0.0622 e. The van der Waals surface area contributed by atoms with Gasteiger partial charge in [-0.1, -0.05) is 20.4 Å². The second-order valence-electron chi connectivity index (χ2n) is 4.53. The zero-order chi connectivity index (χ0) is 11.8. The van der Waals surface area contributed by atoms with E-state index in [0.29, 0.717) is 6.04 Å². The van der Waals surface area contributed by atoms with Crippen molar-refractivity contribution in [2.24, 2.45) is 0 Å². The van der Waals surface area contributed by atoms with Gasteiger partial charge in [-0.2, -0.15) is 0 Å². The molecule has 1 unspecified atom stereocenters. The molecule has 0 aromatic rings. The molecule has 94 valence electrons. The summed E-state index contributed by atoms with van der Waals surface area (Å²) in [5.41, 5.74) is 1.29. The van der Waals surface area contributed by atoms with Gasteiger partial charge in [-0.25, -0.2) is 0 Å². The molecule has 0 saturated carbocycles. The molecule has 3 heteroatoms. The Morgan fingerprint density at radius 1 is 1.50 bits per heavy atom. The number of hydrogen-bond donors (Lipinski definition) is 1. The van der Waals surface area contributed by atoms with Crippen LogP contribution in [0.4, 0.5) is 0 Å². The molecule has 0 radical (unpaired) electrons. The van der Waals surface area contributed by atoms with E-state index in [1.165, 1.54) is 12.0 Å². The van der Waals surface area contributed by atoms with Crippen LogP contribution in [0.3, 0.4) is 0 Å². The Kier molecular flexibility index (Phi) is 6.69. The Bertz CT molecular complexity index is 206.